The number of fused-ring (bicyclic) bond motifs is 3. The summed E-state index contributed by atoms with van der Waals surface area (Å²) >= 11 is 3.25. The zero-order valence-electron chi connectivity index (χ0n) is 17.3. The maximum Gasteiger partial charge on any atom is 0.407 e. The van der Waals surface area contributed by atoms with Gasteiger partial charge in [-0.25, -0.2) is 9.78 Å². The van der Waals surface area contributed by atoms with Crippen molar-refractivity contribution in [3.8, 4) is 11.1 Å². The number of aliphatic carboxylic acids is 1. The number of amides is 2. The van der Waals surface area contributed by atoms with Gasteiger partial charge in [-0.05, 0) is 50.3 Å². The molecule has 1 heterocycles. The highest BCUT2D eigenvalue weighted by molar-refractivity contribution is 9.10. The molecule has 0 bridgehead atoms. The number of hydrogen-bond donors (Lipinski definition) is 3. The Labute approximate surface area is 198 Å². The molecule has 168 valence electrons. The number of alkyl carbamates (subject to hydrolysis) is 1. The number of benzene rings is 2. The number of pyridine rings is 1. The molecule has 1 atom stereocenters. The maximum atomic E-state index is 12.6. The number of carboxylic acids is 1. The molecule has 0 saturated carbocycles. The van der Waals surface area contributed by atoms with Gasteiger partial charge in [-0.1, -0.05) is 48.5 Å². The quantitative estimate of drug-likeness (QED) is 0.440. The van der Waals surface area contributed by atoms with E-state index in [9.17, 15) is 19.5 Å². The highest BCUT2D eigenvalue weighted by atomic mass is 79.9. The highest BCUT2D eigenvalue weighted by Gasteiger charge is 2.30. The molecule has 0 fully saturated rings. The molecule has 0 aliphatic heterocycles. The van der Waals surface area contributed by atoms with Crippen LogP contribution in [0.25, 0.3) is 11.1 Å². The summed E-state index contributed by atoms with van der Waals surface area (Å²) in [7, 11) is 0. The van der Waals surface area contributed by atoms with Gasteiger partial charge in [-0.2, -0.15) is 0 Å². The summed E-state index contributed by atoms with van der Waals surface area (Å²) in [5.41, 5.74) is 4.28. The Morgan fingerprint density at radius 1 is 1.00 bits per heavy atom. The minimum Gasteiger partial charge on any atom is -0.481 e. The lowest BCUT2D eigenvalue weighted by molar-refractivity contribution is -0.139. The van der Waals surface area contributed by atoms with Gasteiger partial charge in [0.1, 0.15) is 18.5 Å². The number of nitrogens with zero attached hydrogens (tertiary/aromatic N) is 1. The van der Waals surface area contributed by atoms with Gasteiger partial charge in [0.15, 0.2) is 0 Å². The van der Waals surface area contributed by atoms with Crippen molar-refractivity contribution in [3.63, 3.8) is 0 Å². The minimum absolute atomic E-state index is 0.0511. The van der Waals surface area contributed by atoms with Crippen molar-refractivity contribution in [1.82, 2.24) is 10.3 Å². The first-order valence-electron chi connectivity index (χ1n) is 10.2. The summed E-state index contributed by atoms with van der Waals surface area (Å²) in [6.07, 6.45) is 0.00916. The number of rotatable bonds is 7. The van der Waals surface area contributed by atoms with Gasteiger partial charge in [0.05, 0.1) is 6.42 Å². The number of ether oxygens (including phenoxy) is 1. The van der Waals surface area contributed by atoms with Crippen LogP contribution in [0.1, 0.15) is 23.5 Å². The Bertz CT molecular complexity index is 1150. The zero-order valence-corrected chi connectivity index (χ0v) is 18.9. The van der Waals surface area contributed by atoms with Crippen LogP contribution in [0.5, 0.6) is 0 Å². The molecule has 0 saturated heterocycles. The zero-order chi connectivity index (χ0) is 23.4. The lowest BCUT2D eigenvalue weighted by atomic mass is 9.98. The molecule has 1 unspecified atom stereocenters. The van der Waals surface area contributed by atoms with Gasteiger partial charge >= 0.3 is 12.1 Å². The maximum absolute atomic E-state index is 12.6. The van der Waals surface area contributed by atoms with E-state index in [4.69, 9.17) is 4.74 Å². The van der Waals surface area contributed by atoms with Crippen LogP contribution in [0.4, 0.5) is 10.6 Å². The first-order valence-corrected chi connectivity index (χ1v) is 11.0. The largest absolute Gasteiger partial charge is 0.481 e. The normalized spacial score (nSPS) is 12.9. The Kier molecular flexibility index (Phi) is 6.69. The fraction of sp³-hybridized carbons (Fsp3) is 0.167. The van der Waals surface area contributed by atoms with E-state index in [1.807, 2.05) is 48.5 Å². The van der Waals surface area contributed by atoms with Crippen molar-refractivity contribution in [2.24, 2.45) is 0 Å². The van der Waals surface area contributed by atoms with Crippen molar-refractivity contribution < 1.29 is 24.2 Å². The Hall–Kier alpha value is -3.72. The van der Waals surface area contributed by atoms with Gasteiger partial charge < -0.3 is 20.5 Å². The SMILES string of the molecule is O=C(O)CC(NC(=O)OCC1c2ccccc2-c2ccccc21)C(=O)Nc1ccc(Br)cn1. The van der Waals surface area contributed by atoms with E-state index < -0.39 is 30.4 Å². The summed E-state index contributed by atoms with van der Waals surface area (Å²) in [4.78, 5) is 40.3. The molecule has 33 heavy (non-hydrogen) atoms. The predicted molar refractivity (Wildman–Crippen MR) is 125 cm³/mol. The molecule has 9 heteroatoms. The number of aromatic nitrogens is 1. The van der Waals surface area contributed by atoms with Crippen molar-refractivity contribution in [2.45, 2.75) is 18.4 Å². The van der Waals surface area contributed by atoms with Crippen molar-refractivity contribution in [1.29, 1.82) is 0 Å². The van der Waals surface area contributed by atoms with Crippen molar-refractivity contribution in [3.05, 3.63) is 82.5 Å². The number of hydrogen-bond acceptors (Lipinski definition) is 5. The third-order valence-electron chi connectivity index (χ3n) is 5.31. The average Bonchev–Trinajstić information content (AvgIpc) is 3.12. The molecule has 2 aromatic carbocycles. The fourth-order valence-electron chi connectivity index (χ4n) is 3.83. The molecule has 2 amide bonds. The summed E-state index contributed by atoms with van der Waals surface area (Å²) in [6, 6.07) is 17.7. The summed E-state index contributed by atoms with van der Waals surface area (Å²) < 4.78 is 6.14. The molecule has 0 spiro atoms. The van der Waals surface area contributed by atoms with Gasteiger partial charge in [-0.3, -0.25) is 9.59 Å². The predicted octanol–water partition coefficient (Wildman–Crippen LogP) is 4.16. The van der Waals surface area contributed by atoms with Crippen LogP contribution >= 0.6 is 15.9 Å². The Morgan fingerprint density at radius 2 is 1.64 bits per heavy atom. The van der Waals surface area contributed by atoms with Crippen LogP contribution < -0.4 is 10.6 Å². The van der Waals surface area contributed by atoms with Gasteiger partial charge in [0.2, 0.25) is 5.91 Å². The van der Waals surface area contributed by atoms with E-state index in [1.54, 1.807) is 12.1 Å². The third kappa shape index (κ3) is 5.20. The number of carbonyl (C=O) groups excluding carboxylic acids is 2. The van der Waals surface area contributed by atoms with Crippen molar-refractivity contribution in [2.75, 3.05) is 11.9 Å². The van der Waals surface area contributed by atoms with E-state index in [2.05, 4.69) is 31.5 Å². The highest BCUT2D eigenvalue weighted by Crippen LogP contribution is 2.44. The van der Waals surface area contributed by atoms with Crippen LogP contribution in [0.15, 0.2) is 71.3 Å². The molecule has 1 aliphatic carbocycles. The standard InChI is InChI=1S/C24H20BrN3O5/c25-14-9-10-21(26-12-14)28-23(31)20(11-22(29)30)27-24(32)33-13-19-17-7-3-1-5-15(17)16-6-2-4-8-18(16)19/h1-10,12,19-20H,11,13H2,(H,27,32)(H,29,30)(H,26,28,31). The molecular formula is C24H20BrN3O5. The molecular weight excluding hydrogens is 490 g/mol. The molecule has 3 aromatic rings. The first kappa shape index (κ1) is 22.5. The second-order valence-electron chi connectivity index (χ2n) is 7.47. The number of carbonyl (C=O) groups is 3. The van der Waals surface area contributed by atoms with Crippen LogP contribution in [0.3, 0.4) is 0 Å². The lowest BCUT2D eigenvalue weighted by Crippen LogP contribution is -2.45. The Morgan fingerprint density at radius 3 is 2.21 bits per heavy atom. The molecule has 0 radical (unpaired) electrons. The summed E-state index contributed by atoms with van der Waals surface area (Å²) in [5, 5.41) is 14.0. The minimum atomic E-state index is -1.33. The molecule has 1 aromatic heterocycles. The van der Waals surface area contributed by atoms with Crippen molar-refractivity contribution >= 4 is 39.7 Å². The van der Waals surface area contributed by atoms with E-state index >= 15 is 0 Å². The lowest BCUT2D eigenvalue weighted by Gasteiger charge is -2.18. The van der Waals surface area contributed by atoms with E-state index in [0.717, 1.165) is 26.7 Å². The topological polar surface area (TPSA) is 118 Å². The fourth-order valence-corrected chi connectivity index (χ4v) is 4.06. The number of anilines is 1. The van der Waals surface area contributed by atoms with Gasteiger partial charge in [0, 0.05) is 16.6 Å². The first-order chi connectivity index (χ1) is 15.9. The van der Waals surface area contributed by atoms with Gasteiger partial charge in [0.25, 0.3) is 0 Å². The molecule has 3 N–H and O–H groups in total. The van der Waals surface area contributed by atoms with E-state index in [0.29, 0.717) is 0 Å². The average molecular weight is 510 g/mol. The number of nitrogens with one attached hydrogen (secondary N) is 2. The molecule has 1 aliphatic rings. The second-order valence-corrected chi connectivity index (χ2v) is 8.39. The molecule has 4 rings (SSSR count). The number of carboxylic acid groups (broad SMARTS) is 1. The third-order valence-corrected chi connectivity index (χ3v) is 5.78. The Balaban J connectivity index is 1.42. The van der Waals surface area contributed by atoms with Crippen LogP contribution in [-0.4, -0.2) is 40.7 Å². The summed E-state index contributed by atoms with van der Waals surface area (Å²) in [6.45, 7) is 0.0511. The van der Waals surface area contributed by atoms with Crippen LogP contribution in [0.2, 0.25) is 0 Å². The smallest absolute Gasteiger partial charge is 0.407 e. The second kappa shape index (κ2) is 9.83. The van der Waals surface area contributed by atoms with E-state index in [1.165, 1.54) is 6.20 Å². The van der Waals surface area contributed by atoms with E-state index in [-0.39, 0.29) is 18.3 Å². The molecule has 8 nitrogen and oxygen atoms in total. The number of halogens is 1. The monoisotopic (exact) mass is 509 g/mol. The van der Waals surface area contributed by atoms with Crippen LogP contribution in [-0.2, 0) is 14.3 Å². The van der Waals surface area contributed by atoms with Crippen LogP contribution in [0, 0.1) is 0 Å². The summed E-state index contributed by atoms with van der Waals surface area (Å²) in [5.74, 6) is -1.87. The van der Waals surface area contributed by atoms with Gasteiger partial charge in [-0.15, -0.1) is 0 Å².